The summed E-state index contributed by atoms with van der Waals surface area (Å²) >= 11 is 6.06. The molecule has 5 rings (SSSR count). The van der Waals surface area contributed by atoms with Crippen LogP contribution in [0.2, 0.25) is 5.02 Å². The molecule has 3 N–H and O–H groups in total. The zero-order chi connectivity index (χ0) is 18.9. The Hall–Kier alpha value is -2.70. The monoisotopic (exact) mass is 382 g/mol. The maximum atomic E-state index is 13.4. The number of nitrogens with zero attached hydrogens (tertiary/aromatic N) is 1. The van der Waals surface area contributed by atoms with Crippen LogP contribution in [0.3, 0.4) is 0 Å². The van der Waals surface area contributed by atoms with E-state index >= 15 is 0 Å². The third-order valence-corrected chi connectivity index (χ3v) is 6.23. The van der Waals surface area contributed by atoms with Gasteiger partial charge in [-0.25, -0.2) is 4.90 Å². The standard InChI is InChI=1S/C20H16ClN3O3/c1-10-15-16(18(26)24(17(15)25)12-6-4-5-11(21)9-12)20(23-10)13-7-2-3-8-14(13)22-19(20)27/h2-10,15-16,23H,1H3,(H,22,27)/p+1/t10-,15-,16-,20-/m0/s1. The van der Waals surface area contributed by atoms with Crippen molar-refractivity contribution in [3.8, 4) is 0 Å². The highest BCUT2D eigenvalue weighted by Gasteiger charge is 2.73. The van der Waals surface area contributed by atoms with Crippen LogP contribution < -0.4 is 15.5 Å². The van der Waals surface area contributed by atoms with Crippen LogP contribution in [0.5, 0.6) is 0 Å². The predicted octanol–water partition coefficient (Wildman–Crippen LogP) is 1.26. The lowest BCUT2D eigenvalue weighted by molar-refractivity contribution is -0.730. The molecule has 0 bridgehead atoms. The summed E-state index contributed by atoms with van der Waals surface area (Å²) in [6.07, 6.45) is 0. The number of imide groups is 1. The molecule has 7 heteroatoms. The number of benzene rings is 2. The number of quaternary nitrogens is 1. The van der Waals surface area contributed by atoms with Gasteiger partial charge in [-0.15, -0.1) is 0 Å². The molecule has 2 aromatic carbocycles. The van der Waals surface area contributed by atoms with Gasteiger partial charge in [0.15, 0.2) is 0 Å². The summed E-state index contributed by atoms with van der Waals surface area (Å²) in [5.74, 6) is -2.17. The van der Waals surface area contributed by atoms with E-state index < -0.39 is 17.4 Å². The van der Waals surface area contributed by atoms with Gasteiger partial charge in [0.1, 0.15) is 11.8 Å². The molecule has 3 heterocycles. The highest BCUT2D eigenvalue weighted by Crippen LogP contribution is 2.49. The van der Waals surface area contributed by atoms with Crippen molar-refractivity contribution in [1.29, 1.82) is 0 Å². The van der Waals surface area contributed by atoms with Gasteiger partial charge in [0, 0.05) is 10.6 Å². The average Bonchev–Trinajstić information content (AvgIpc) is 3.20. The second-order valence-electron chi connectivity index (χ2n) is 7.39. The summed E-state index contributed by atoms with van der Waals surface area (Å²) in [5, 5.41) is 5.22. The van der Waals surface area contributed by atoms with E-state index in [9.17, 15) is 14.4 Å². The van der Waals surface area contributed by atoms with E-state index in [0.29, 0.717) is 16.4 Å². The molecule has 2 fully saturated rings. The highest BCUT2D eigenvalue weighted by molar-refractivity contribution is 6.31. The molecule has 4 atom stereocenters. The fraction of sp³-hybridized carbons (Fsp3) is 0.250. The van der Waals surface area contributed by atoms with Crippen molar-refractivity contribution in [1.82, 2.24) is 0 Å². The third kappa shape index (κ3) is 1.97. The smallest absolute Gasteiger partial charge is 0.291 e. The first-order chi connectivity index (χ1) is 12.9. The predicted molar refractivity (Wildman–Crippen MR) is 99.1 cm³/mol. The molecule has 27 heavy (non-hydrogen) atoms. The quantitative estimate of drug-likeness (QED) is 0.728. The van der Waals surface area contributed by atoms with Crippen LogP contribution in [0.4, 0.5) is 11.4 Å². The third-order valence-electron chi connectivity index (χ3n) is 6.00. The lowest BCUT2D eigenvalue weighted by Crippen LogP contribution is -2.98. The summed E-state index contributed by atoms with van der Waals surface area (Å²) in [4.78, 5) is 40.9. The molecule has 0 saturated carbocycles. The van der Waals surface area contributed by atoms with Crippen molar-refractivity contribution in [3.63, 3.8) is 0 Å². The molecule has 3 aliphatic heterocycles. The van der Waals surface area contributed by atoms with Crippen molar-refractivity contribution < 1.29 is 19.7 Å². The lowest BCUT2D eigenvalue weighted by atomic mass is 9.76. The van der Waals surface area contributed by atoms with Crippen molar-refractivity contribution >= 4 is 40.7 Å². The van der Waals surface area contributed by atoms with E-state index in [2.05, 4.69) is 5.32 Å². The fourth-order valence-electron chi connectivity index (χ4n) is 4.97. The van der Waals surface area contributed by atoms with Crippen LogP contribution in [0.15, 0.2) is 48.5 Å². The number of carbonyl (C=O) groups is 3. The summed E-state index contributed by atoms with van der Waals surface area (Å²) < 4.78 is 0. The van der Waals surface area contributed by atoms with E-state index in [1.807, 2.05) is 36.5 Å². The van der Waals surface area contributed by atoms with Crippen LogP contribution in [-0.4, -0.2) is 23.8 Å². The summed E-state index contributed by atoms with van der Waals surface area (Å²) in [7, 11) is 0. The Morgan fingerprint density at radius 1 is 1.07 bits per heavy atom. The number of carbonyl (C=O) groups excluding carboxylic acids is 3. The Morgan fingerprint density at radius 3 is 2.63 bits per heavy atom. The number of amides is 3. The molecule has 0 aromatic heterocycles. The molecule has 3 amide bonds. The maximum Gasteiger partial charge on any atom is 0.291 e. The minimum absolute atomic E-state index is 0.201. The summed E-state index contributed by atoms with van der Waals surface area (Å²) in [6.45, 7) is 1.90. The van der Waals surface area contributed by atoms with Crippen LogP contribution in [0, 0.1) is 11.8 Å². The maximum absolute atomic E-state index is 13.4. The van der Waals surface area contributed by atoms with E-state index in [4.69, 9.17) is 11.6 Å². The van der Waals surface area contributed by atoms with Crippen LogP contribution in [0.1, 0.15) is 12.5 Å². The van der Waals surface area contributed by atoms with Crippen LogP contribution in [-0.2, 0) is 19.9 Å². The zero-order valence-electron chi connectivity index (χ0n) is 14.5. The minimum Gasteiger partial charge on any atom is -0.326 e. The molecular formula is C20H17ClN3O3+. The summed E-state index contributed by atoms with van der Waals surface area (Å²) in [5.41, 5.74) is 0.804. The second-order valence-corrected chi connectivity index (χ2v) is 7.83. The number of para-hydroxylation sites is 1. The van der Waals surface area contributed by atoms with Crippen LogP contribution >= 0.6 is 11.6 Å². The van der Waals surface area contributed by atoms with Gasteiger partial charge >= 0.3 is 0 Å². The van der Waals surface area contributed by atoms with Gasteiger partial charge in [0.05, 0.1) is 17.4 Å². The normalized spacial score (nSPS) is 31.4. The van der Waals surface area contributed by atoms with Gasteiger partial charge in [0.25, 0.3) is 5.91 Å². The van der Waals surface area contributed by atoms with Gasteiger partial charge < -0.3 is 10.6 Å². The Kier molecular flexibility index (Phi) is 3.30. The van der Waals surface area contributed by atoms with Crippen molar-refractivity contribution in [2.24, 2.45) is 11.8 Å². The first-order valence-electron chi connectivity index (χ1n) is 8.85. The first-order valence-corrected chi connectivity index (χ1v) is 9.23. The molecule has 0 aliphatic carbocycles. The zero-order valence-corrected chi connectivity index (χ0v) is 15.2. The Morgan fingerprint density at radius 2 is 1.85 bits per heavy atom. The molecule has 0 radical (unpaired) electrons. The Balaban J connectivity index is 1.67. The summed E-state index contributed by atoms with van der Waals surface area (Å²) in [6, 6.07) is 13.9. The molecule has 3 aliphatic rings. The number of anilines is 2. The molecule has 1 spiro atoms. The van der Waals surface area contributed by atoms with Gasteiger partial charge in [0.2, 0.25) is 17.4 Å². The number of hydrogen-bond acceptors (Lipinski definition) is 3. The van der Waals surface area contributed by atoms with E-state index in [1.165, 1.54) is 4.90 Å². The van der Waals surface area contributed by atoms with Crippen molar-refractivity contribution in [2.75, 3.05) is 10.2 Å². The molecule has 2 saturated heterocycles. The molecule has 2 aromatic rings. The highest BCUT2D eigenvalue weighted by atomic mass is 35.5. The second kappa shape index (κ2) is 5.41. The minimum atomic E-state index is -1.11. The number of nitrogens with one attached hydrogen (secondary N) is 1. The Bertz CT molecular complexity index is 1020. The fourth-order valence-corrected chi connectivity index (χ4v) is 5.15. The van der Waals surface area contributed by atoms with E-state index in [-0.39, 0.29) is 23.8 Å². The number of hydrogen-bond donors (Lipinski definition) is 2. The number of fused-ring (bicyclic) bond motifs is 4. The Labute approximate surface area is 160 Å². The van der Waals surface area contributed by atoms with E-state index in [0.717, 1.165) is 5.56 Å². The van der Waals surface area contributed by atoms with Crippen molar-refractivity contribution in [2.45, 2.75) is 18.5 Å². The largest absolute Gasteiger partial charge is 0.326 e. The SMILES string of the molecule is C[C@@H]1[NH2+][C@]2(C(=O)Nc3ccccc32)[C@@H]2C(=O)N(c3cccc(Cl)c3)C(=O)[C@@H]12. The number of halogens is 1. The average molecular weight is 383 g/mol. The molecule has 6 nitrogen and oxygen atoms in total. The lowest BCUT2D eigenvalue weighted by Gasteiger charge is -2.25. The molecular weight excluding hydrogens is 366 g/mol. The van der Waals surface area contributed by atoms with Gasteiger partial charge in [-0.3, -0.25) is 14.4 Å². The topological polar surface area (TPSA) is 83.1 Å². The molecule has 0 unspecified atom stereocenters. The first kappa shape index (κ1) is 16.5. The van der Waals surface area contributed by atoms with E-state index in [1.54, 1.807) is 24.3 Å². The molecule has 136 valence electrons. The van der Waals surface area contributed by atoms with Gasteiger partial charge in [-0.05, 0) is 31.2 Å². The van der Waals surface area contributed by atoms with Crippen molar-refractivity contribution in [3.05, 3.63) is 59.1 Å². The number of nitrogens with two attached hydrogens (primary N) is 1. The van der Waals surface area contributed by atoms with Crippen LogP contribution in [0.25, 0.3) is 0 Å². The van der Waals surface area contributed by atoms with Gasteiger partial charge in [-0.1, -0.05) is 35.9 Å². The van der Waals surface area contributed by atoms with Gasteiger partial charge in [-0.2, -0.15) is 0 Å². The number of rotatable bonds is 1.